The van der Waals surface area contributed by atoms with Gasteiger partial charge in [-0.2, -0.15) is 5.43 Å². The number of rotatable bonds is 2. The lowest BCUT2D eigenvalue weighted by molar-refractivity contribution is -0.149. The van der Waals surface area contributed by atoms with Gasteiger partial charge in [-0.1, -0.05) is 0 Å². The molecular weight excluding hydrogens is 174 g/mol. The van der Waals surface area contributed by atoms with Crippen molar-refractivity contribution in [1.82, 2.24) is 16.2 Å². The number of hydrogen-bond acceptors (Lipinski definition) is 5. The Morgan fingerprint density at radius 3 is 2.62 bits per heavy atom. The van der Waals surface area contributed by atoms with Gasteiger partial charge in [0.05, 0.1) is 7.11 Å². The van der Waals surface area contributed by atoms with Crippen LogP contribution in [0, 0.1) is 0 Å². The third-order valence-corrected chi connectivity index (χ3v) is 1.57. The van der Waals surface area contributed by atoms with Crippen LogP contribution in [-0.4, -0.2) is 24.6 Å². The van der Waals surface area contributed by atoms with Crippen LogP contribution in [0.5, 0.6) is 0 Å². The van der Waals surface area contributed by atoms with Gasteiger partial charge in [0.1, 0.15) is 0 Å². The van der Waals surface area contributed by atoms with Crippen molar-refractivity contribution >= 4 is 11.9 Å². The summed E-state index contributed by atoms with van der Waals surface area (Å²) < 4.78 is 4.53. The Kier molecular flexibility index (Phi) is 2.52. The predicted molar refractivity (Wildman–Crippen MR) is 44.0 cm³/mol. The second kappa shape index (κ2) is 3.44. The molecule has 0 spiro atoms. The molecule has 1 heterocycles. The van der Waals surface area contributed by atoms with E-state index >= 15 is 0 Å². The summed E-state index contributed by atoms with van der Waals surface area (Å²) in [6, 6.07) is 0. The van der Waals surface area contributed by atoms with Crippen molar-refractivity contribution in [2.75, 3.05) is 7.11 Å². The smallest absolute Gasteiger partial charge is 0.352 e. The van der Waals surface area contributed by atoms with E-state index in [1.807, 2.05) is 0 Å². The normalized spacial score (nSPS) is 25.1. The molecule has 0 fully saturated rings. The maximum absolute atomic E-state index is 11.3. The molecule has 13 heavy (non-hydrogen) atoms. The molecule has 0 aromatic heterocycles. The van der Waals surface area contributed by atoms with Crippen LogP contribution in [0.15, 0.2) is 12.3 Å². The second-order valence-electron chi connectivity index (χ2n) is 2.58. The SMILES string of the molecule is COC(=O)C1(NC(C)=O)C=CNN1. The van der Waals surface area contributed by atoms with E-state index in [1.54, 1.807) is 0 Å². The quantitative estimate of drug-likeness (QED) is 0.462. The first-order valence-corrected chi connectivity index (χ1v) is 3.68. The Bertz CT molecular complexity index is 264. The molecule has 0 aromatic carbocycles. The van der Waals surface area contributed by atoms with Crippen LogP contribution in [0.4, 0.5) is 0 Å². The summed E-state index contributed by atoms with van der Waals surface area (Å²) in [6.07, 6.45) is 2.98. The molecule has 1 unspecified atom stereocenters. The second-order valence-corrected chi connectivity index (χ2v) is 2.58. The van der Waals surface area contributed by atoms with Crippen molar-refractivity contribution in [3.63, 3.8) is 0 Å². The maximum Gasteiger partial charge on any atom is 0.352 e. The summed E-state index contributed by atoms with van der Waals surface area (Å²) >= 11 is 0. The van der Waals surface area contributed by atoms with Crippen LogP contribution in [0.1, 0.15) is 6.92 Å². The summed E-state index contributed by atoms with van der Waals surface area (Å²) in [4.78, 5) is 22.1. The zero-order chi connectivity index (χ0) is 9.90. The molecule has 1 atom stereocenters. The first kappa shape index (κ1) is 9.53. The fraction of sp³-hybridized carbons (Fsp3) is 0.429. The van der Waals surface area contributed by atoms with Crippen LogP contribution in [0.25, 0.3) is 0 Å². The number of esters is 1. The van der Waals surface area contributed by atoms with Crippen LogP contribution in [0.2, 0.25) is 0 Å². The van der Waals surface area contributed by atoms with E-state index in [0.29, 0.717) is 0 Å². The Balaban J connectivity index is 2.81. The molecule has 0 radical (unpaired) electrons. The largest absolute Gasteiger partial charge is 0.466 e. The van der Waals surface area contributed by atoms with Gasteiger partial charge in [-0.05, 0) is 6.08 Å². The lowest BCUT2D eigenvalue weighted by Crippen LogP contribution is -2.62. The fourth-order valence-corrected chi connectivity index (χ4v) is 1.05. The van der Waals surface area contributed by atoms with Gasteiger partial charge >= 0.3 is 5.97 Å². The van der Waals surface area contributed by atoms with E-state index < -0.39 is 11.6 Å². The molecule has 0 saturated carbocycles. The molecule has 0 aromatic rings. The zero-order valence-electron chi connectivity index (χ0n) is 7.38. The fourth-order valence-electron chi connectivity index (χ4n) is 1.05. The van der Waals surface area contributed by atoms with Gasteiger partial charge in [0, 0.05) is 13.1 Å². The van der Waals surface area contributed by atoms with Crippen LogP contribution in [0.3, 0.4) is 0 Å². The Morgan fingerprint density at radius 1 is 1.54 bits per heavy atom. The van der Waals surface area contributed by atoms with E-state index in [1.165, 1.54) is 26.3 Å². The summed E-state index contributed by atoms with van der Waals surface area (Å²) in [6.45, 7) is 1.32. The van der Waals surface area contributed by atoms with Gasteiger partial charge < -0.3 is 15.5 Å². The topological polar surface area (TPSA) is 79.5 Å². The summed E-state index contributed by atoms with van der Waals surface area (Å²) in [7, 11) is 1.25. The average Bonchev–Trinajstić information content (AvgIpc) is 2.51. The highest BCUT2D eigenvalue weighted by Crippen LogP contribution is 2.07. The molecule has 72 valence electrons. The third kappa shape index (κ3) is 1.78. The molecule has 0 saturated heterocycles. The number of ether oxygens (including phenoxy) is 1. The van der Waals surface area contributed by atoms with Crippen molar-refractivity contribution in [1.29, 1.82) is 0 Å². The summed E-state index contributed by atoms with van der Waals surface area (Å²) in [5.74, 6) is -0.907. The average molecular weight is 185 g/mol. The van der Waals surface area contributed by atoms with Gasteiger partial charge in [0.25, 0.3) is 0 Å². The molecule has 1 amide bonds. The predicted octanol–water partition coefficient (Wildman–Crippen LogP) is -1.39. The number of nitrogens with one attached hydrogen (secondary N) is 3. The highest BCUT2D eigenvalue weighted by atomic mass is 16.5. The van der Waals surface area contributed by atoms with Crippen LogP contribution < -0.4 is 16.2 Å². The number of hydrogen-bond donors (Lipinski definition) is 3. The number of carbonyl (C=O) groups excluding carboxylic acids is 2. The van der Waals surface area contributed by atoms with Gasteiger partial charge in [-0.25, -0.2) is 4.79 Å². The van der Waals surface area contributed by atoms with E-state index in [4.69, 9.17) is 0 Å². The summed E-state index contributed by atoms with van der Waals surface area (Å²) in [5.41, 5.74) is 3.89. The first-order chi connectivity index (χ1) is 6.10. The number of carbonyl (C=O) groups is 2. The Labute approximate surface area is 75.3 Å². The number of hydrazine groups is 1. The highest BCUT2D eigenvalue weighted by molar-refractivity contribution is 5.89. The van der Waals surface area contributed by atoms with E-state index in [-0.39, 0.29) is 5.91 Å². The number of methoxy groups -OCH3 is 1. The van der Waals surface area contributed by atoms with Crippen LogP contribution >= 0.6 is 0 Å². The third-order valence-electron chi connectivity index (χ3n) is 1.57. The first-order valence-electron chi connectivity index (χ1n) is 3.68. The molecule has 0 bridgehead atoms. The minimum Gasteiger partial charge on any atom is -0.466 e. The standard InChI is InChI=1S/C7H11N3O3/c1-5(11)9-7(6(12)13-2)3-4-8-10-7/h3-4,8,10H,1-2H3,(H,9,11). The van der Waals surface area contributed by atoms with Gasteiger partial charge in [-0.15, -0.1) is 0 Å². The molecule has 1 rings (SSSR count). The highest BCUT2D eigenvalue weighted by Gasteiger charge is 2.40. The minimum absolute atomic E-state index is 0.328. The van der Waals surface area contributed by atoms with Crippen molar-refractivity contribution in [2.24, 2.45) is 0 Å². The van der Waals surface area contributed by atoms with Crippen molar-refractivity contribution in [3.8, 4) is 0 Å². The molecule has 3 N–H and O–H groups in total. The molecular formula is C7H11N3O3. The van der Waals surface area contributed by atoms with E-state index in [9.17, 15) is 9.59 Å². The van der Waals surface area contributed by atoms with Crippen molar-refractivity contribution in [3.05, 3.63) is 12.3 Å². The lowest BCUT2D eigenvalue weighted by atomic mass is 10.2. The molecule has 1 aliphatic heterocycles. The van der Waals surface area contributed by atoms with Crippen molar-refractivity contribution in [2.45, 2.75) is 12.6 Å². The zero-order valence-corrected chi connectivity index (χ0v) is 7.38. The lowest BCUT2D eigenvalue weighted by Gasteiger charge is -2.24. The van der Waals surface area contributed by atoms with Crippen molar-refractivity contribution < 1.29 is 14.3 Å². The maximum atomic E-state index is 11.3. The molecule has 0 aliphatic carbocycles. The monoisotopic (exact) mass is 185 g/mol. The van der Waals surface area contributed by atoms with Crippen LogP contribution in [-0.2, 0) is 14.3 Å². The summed E-state index contributed by atoms with van der Waals surface area (Å²) in [5, 5.41) is 2.43. The minimum atomic E-state index is -1.28. The van der Waals surface area contributed by atoms with Gasteiger partial charge in [-0.3, -0.25) is 4.79 Å². The molecule has 6 heteroatoms. The van der Waals surface area contributed by atoms with Gasteiger partial charge in [0.2, 0.25) is 11.6 Å². The molecule has 1 aliphatic rings. The van der Waals surface area contributed by atoms with Gasteiger partial charge in [0.15, 0.2) is 0 Å². The Hall–Kier alpha value is -1.56. The van der Waals surface area contributed by atoms with E-state index in [0.717, 1.165) is 0 Å². The van der Waals surface area contributed by atoms with E-state index in [2.05, 4.69) is 20.9 Å². The number of amides is 1. The molecule has 6 nitrogen and oxygen atoms in total. The Morgan fingerprint density at radius 2 is 2.23 bits per heavy atom.